The molecule has 1 amide bonds. The summed E-state index contributed by atoms with van der Waals surface area (Å²) in [4.78, 5) is 20.1. The number of aromatic nitrogens is 2. The predicted molar refractivity (Wildman–Crippen MR) is 83.8 cm³/mol. The zero-order valence-corrected chi connectivity index (χ0v) is 12.8. The van der Waals surface area contributed by atoms with Gasteiger partial charge in [0.1, 0.15) is 29.5 Å². The molecule has 1 aliphatic rings. The van der Waals surface area contributed by atoms with E-state index >= 15 is 0 Å². The van der Waals surface area contributed by atoms with Gasteiger partial charge in [-0.2, -0.15) is 0 Å². The number of ether oxygens (including phenoxy) is 1. The van der Waals surface area contributed by atoms with Gasteiger partial charge in [-0.25, -0.2) is 18.7 Å². The third-order valence-corrected chi connectivity index (χ3v) is 3.61. The van der Waals surface area contributed by atoms with Crippen LogP contribution in [0.15, 0.2) is 30.6 Å². The van der Waals surface area contributed by atoms with Crippen LogP contribution in [0.4, 0.5) is 20.3 Å². The molecule has 0 bridgehead atoms. The summed E-state index contributed by atoms with van der Waals surface area (Å²) in [5.41, 5.74) is -0.0440. The molecule has 1 saturated heterocycles. The lowest BCUT2D eigenvalue weighted by molar-refractivity contribution is 0.102. The fourth-order valence-electron chi connectivity index (χ4n) is 2.38. The molecule has 1 fully saturated rings. The molecule has 2 heterocycles. The van der Waals surface area contributed by atoms with E-state index in [2.05, 4.69) is 20.6 Å². The van der Waals surface area contributed by atoms with Crippen molar-refractivity contribution in [2.24, 2.45) is 0 Å². The number of hydrogen-bond acceptors (Lipinski definition) is 5. The van der Waals surface area contributed by atoms with E-state index in [0.717, 1.165) is 31.6 Å². The Balaban J connectivity index is 1.65. The van der Waals surface area contributed by atoms with Gasteiger partial charge in [0.2, 0.25) is 0 Å². The van der Waals surface area contributed by atoms with Crippen molar-refractivity contribution in [3.63, 3.8) is 0 Å². The SMILES string of the molecule is O=C(Nc1ccc(F)cc1F)c1cc(NCC2CCCO2)ncn1. The second-order valence-electron chi connectivity index (χ2n) is 5.38. The lowest BCUT2D eigenvalue weighted by Gasteiger charge is -2.11. The van der Waals surface area contributed by atoms with Gasteiger partial charge in [-0.1, -0.05) is 0 Å². The molecule has 3 rings (SSSR count). The maximum Gasteiger partial charge on any atom is 0.274 e. The summed E-state index contributed by atoms with van der Waals surface area (Å²) in [5.74, 6) is -1.70. The Bertz CT molecular complexity index is 736. The number of halogens is 2. The van der Waals surface area contributed by atoms with Crippen molar-refractivity contribution in [3.8, 4) is 0 Å². The van der Waals surface area contributed by atoms with Gasteiger partial charge in [-0.3, -0.25) is 4.79 Å². The molecule has 2 aromatic rings. The standard InChI is InChI=1S/C16H16F2N4O2/c17-10-3-4-13(12(18)6-10)22-16(23)14-7-15(21-9-20-14)19-8-11-2-1-5-24-11/h3-4,6-7,9,11H,1-2,5,8H2,(H,22,23)(H,19,20,21). The smallest absolute Gasteiger partial charge is 0.274 e. The zero-order chi connectivity index (χ0) is 16.9. The van der Waals surface area contributed by atoms with Crippen LogP contribution in [0.3, 0.4) is 0 Å². The number of hydrogen-bond donors (Lipinski definition) is 2. The van der Waals surface area contributed by atoms with Crippen LogP contribution in [0.1, 0.15) is 23.3 Å². The van der Waals surface area contributed by atoms with E-state index in [9.17, 15) is 13.6 Å². The van der Waals surface area contributed by atoms with Crippen LogP contribution in [-0.2, 0) is 4.74 Å². The molecule has 0 spiro atoms. The van der Waals surface area contributed by atoms with E-state index < -0.39 is 17.5 Å². The average Bonchev–Trinajstić information content (AvgIpc) is 3.09. The molecule has 1 aromatic heterocycles. The highest BCUT2D eigenvalue weighted by Crippen LogP contribution is 2.17. The highest BCUT2D eigenvalue weighted by atomic mass is 19.1. The van der Waals surface area contributed by atoms with Gasteiger partial charge in [-0.05, 0) is 25.0 Å². The second kappa shape index (κ2) is 7.31. The van der Waals surface area contributed by atoms with Gasteiger partial charge in [0.05, 0.1) is 11.8 Å². The normalized spacial score (nSPS) is 16.8. The number of carbonyl (C=O) groups is 1. The van der Waals surface area contributed by atoms with Gasteiger partial charge < -0.3 is 15.4 Å². The molecule has 2 N–H and O–H groups in total. The first-order valence-electron chi connectivity index (χ1n) is 7.56. The van der Waals surface area contributed by atoms with Crippen LogP contribution >= 0.6 is 0 Å². The summed E-state index contributed by atoms with van der Waals surface area (Å²) in [7, 11) is 0. The van der Waals surface area contributed by atoms with E-state index in [0.29, 0.717) is 18.4 Å². The van der Waals surface area contributed by atoms with Gasteiger partial charge in [0.15, 0.2) is 0 Å². The highest BCUT2D eigenvalue weighted by Gasteiger charge is 2.16. The van der Waals surface area contributed by atoms with Crippen molar-refractivity contribution >= 4 is 17.4 Å². The fraction of sp³-hybridized carbons (Fsp3) is 0.312. The Morgan fingerprint density at radius 1 is 1.29 bits per heavy atom. The maximum atomic E-state index is 13.6. The fourth-order valence-corrected chi connectivity index (χ4v) is 2.38. The molecule has 24 heavy (non-hydrogen) atoms. The van der Waals surface area contributed by atoms with Crippen molar-refractivity contribution in [2.75, 3.05) is 23.8 Å². The molecular formula is C16H16F2N4O2. The monoisotopic (exact) mass is 334 g/mol. The third-order valence-electron chi connectivity index (χ3n) is 3.61. The summed E-state index contributed by atoms with van der Waals surface area (Å²) in [6.07, 6.45) is 3.39. The molecule has 8 heteroatoms. The number of benzene rings is 1. The Kier molecular flexibility index (Phi) is 4.95. The van der Waals surface area contributed by atoms with E-state index in [1.54, 1.807) is 0 Å². The Hall–Kier alpha value is -2.61. The van der Waals surface area contributed by atoms with E-state index in [4.69, 9.17) is 4.74 Å². The van der Waals surface area contributed by atoms with Gasteiger partial charge in [-0.15, -0.1) is 0 Å². The van der Waals surface area contributed by atoms with Crippen LogP contribution in [0.5, 0.6) is 0 Å². The molecule has 1 unspecified atom stereocenters. The number of carbonyl (C=O) groups excluding carboxylic acids is 1. The Morgan fingerprint density at radius 3 is 2.92 bits per heavy atom. The highest BCUT2D eigenvalue weighted by molar-refractivity contribution is 6.03. The summed E-state index contributed by atoms with van der Waals surface area (Å²) in [5, 5.41) is 5.44. The minimum absolute atomic E-state index is 0.0727. The summed E-state index contributed by atoms with van der Waals surface area (Å²) in [6, 6.07) is 4.38. The first-order valence-corrected chi connectivity index (χ1v) is 7.56. The summed E-state index contributed by atoms with van der Waals surface area (Å²) in [6.45, 7) is 1.34. The van der Waals surface area contributed by atoms with Gasteiger partial charge in [0.25, 0.3) is 5.91 Å². The van der Waals surface area contributed by atoms with Crippen molar-refractivity contribution < 1.29 is 18.3 Å². The minimum Gasteiger partial charge on any atom is -0.376 e. The predicted octanol–water partition coefficient (Wildman–Crippen LogP) is 2.60. The van der Waals surface area contributed by atoms with Crippen molar-refractivity contribution in [2.45, 2.75) is 18.9 Å². The van der Waals surface area contributed by atoms with Crippen LogP contribution < -0.4 is 10.6 Å². The average molecular weight is 334 g/mol. The van der Waals surface area contributed by atoms with Crippen LogP contribution in [-0.4, -0.2) is 35.1 Å². The number of amides is 1. The van der Waals surface area contributed by atoms with Crippen molar-refractivity contribution in [3.05, 3.63) is 47.9 Å². The quantitative estimate of drug-likeness (QED) is 0.879. The zero-order valence-electron chi connectivity index (χ0n) is 12.8. The maximum absolute atomic E-state index is 13.6. The molecule has 1 aromatic carbocycles. The number of nitrogens with zero attached hydrogens (tertiary/aromatic N) is 2. The minimum atomic E-state index is -0.853. The summed E-state index contributed by atoms with van der Waals surface area (Å²) < 4.78 is 32.0. The second-order valence-corrected chi connectivity index (χ2v) is 5.38. The molecule has 0 saturated carbocycles. The van der Waals surface area contributed by atoms with Crippen LogP contribution in [0, 0.1) is 11.6 Å². The molecule has 1 aliphatic heterocycles. The Labute approximate surface area is 137 Å². The van der Waals surface area contributed by atoms with E-state index in [1.807, 2.05) is 0 Å². The van der Waals surface area contributed by atoms with Gasteiger partial charge in [0, 0.05) is 25.3 Å². The number of anilines is 2. The molecular weight excluding hydrogens is 318 g/mol. The van der Waals surface area contributed by atoms with Crippen molar-refractivity contribution in [1.29, 1.82) is 0 Å². The van der Waals surface area contributed by atoms with E-state index in [-0.39, 0.29) is 17.5 Å². The summed E-state index contributed by atoms with van der Waals surface area (Å²) >= 11 is 0. The lowest BCUT2D eigenvalue weighted by Crippen LogP contribution is -2.20. The largest absolute Gasteiger partial charge is 0.376 e. The molecule has 6 nitrogen and oxygen atoms in total. The van der Waals surface area contributed by atoms with Crippen LogP contribution in [0.25, 0.3) is 0 Å². The van der Waals surface area contributed by atoms with Crippen LogP contribution in [0.2, 0.25) is 0 Å². The van der Waals surface area contributed by atoms with Crippen molar-refractivity contribution in [1.82, 2.24) is 9.97 Å². The third kappa shape index (κ3) is 4.02. The van der Waals surface area contributed by atoms with E-state index in [1.165, 1.54) is 12.4 Å². The molecule has 0 aliphatic carbocycles. The number of nitrogens with one attached hydrogen (secondary N) is 2. The first-order chi connectivity index (χ1) is 11.6. The number of rotatable bonds is 5. The molecule has 126 valence electrons. The first kappa shape index (κ1) is 16.3. The molecule has 0 radical (unpaired) electrons. The van der Waals surface area contributed by atoms with Gasteiger partial charge >= 0.3 is 0 Å². The topological polar surface area (TPSA) is 76.1 Å². The molecule has 1 atom stereocenters. The Morgan fingerprint density at radius 2 is 2.17 bits per heavy atom. The lowest BCUT2D eigenvalue weighted by atomic mass is 10.2.